The van der Waals surface area contributed by atoms with Crippen molar-refractivity contribution in [3.63, 3.8) is 0 Å². The molecule has 178 valence electrons. The van der Waals surface area contributed by atoms with Crippen LogP contribution in [0.5, 0.6) is 0 Å². The minimum atomic E-state index is -0.384. The zero-order chi connectivity index (χ0) is 24.9. The maximum absolute atomic E-state index is 11.5. The van der Waals surface area contributed by atoms with Crippen molar-refractivity contribution < 1.29 is 23.8 Å². The summed E-state index contributed by atoms with van der Waals surface area (Å²) in [6.07, 6.45) is 25.9. The second kappa shape index (κ2) is 19.3. The van der Waals surface area contributed by atoms with Gasteiger partial charge in [0.15, 0.2) is 0 Å². The molecule has 5 nitrogen and oxygen atoms in total. The third-order valence-electron chi connectivity index (χ3n) is 3.96. The van der Waals surface area contributed by atoms with Crippen molar-refractivity contribution >= 4 is 11.9 Å². The molecule has 0 radical (unpaired) electrons. The van der Waals surface area contributed by atoms with Gasteiger partial charge in [0.25, 0.3) is 0 Å². The van der Waals surface area contributed by atoms with Crippen LogP contribution in [0.2, 0.25) is 0 Å². The average Bonchev–Trinajstić information content (AvgIpc) is 2.79. The summed E-state index contributed by atoms with van der Waals surface area (Å²) >= 11 is 0. The Labute approximate surface area is 198 Å². The van der Waals surface area contributed by atoms with Crippen molar-refractivity contribution in [2.24, 2.45) is 0 Å². The van der Waals surface area contributed by atoms with Crippen molar-refractivity contribution in [1.29, 1.82) is 0 Å². The maximum Gasteiger partial charge on any atom is 0.330 e. The topological polar surface area (TPSA) is 61.8 Å². The monoisotopic (exact) mass is 452 g/mol. The molecule has 0 amide bonds. The first-order chi connectivity index (χ1) is 15.8. The highest BCUT2D eigenvalue weighted by Crippen LogP contribution is 2.02. The third kappa shape index (κ3) is 19.0. The number of allylic oxidation sites excluding steroid dienone is 16. The fraction of sp³-hybridized carbons (Fsp3) is 0.286. The van der Waals surface area contributed by atoms with Crippen LogP contribution in [0.25, 0.3) is 0 Å². The highest BCUT2D eigenvalue weighted by atomic mass is 16.6. The van der Waals surface area contributed by atoms with E-state index in [4.69, 9.17) is 9.47 Å². The van der Waals surface area contributed by atoms with E-state index in [2.05, 4.69) is 4.74 Å². The Morgan fingerprint density at radius 1 is 0.545 bits per heavy atom. The molecule has 0 aliphatic heterocycles. The van der Waals surface area contributed by atoms with Crippen molar-refractivity contribution in [3.05, 3.63) is 107 Å². The minimum absolute atomic E-state index is 0.248. The first kappa shape index (κ1) is 29.6. The van der Waals surface area contributed by atoms with E-state index in [-0.39, 0.29) is 18.5 Å². The Morgan fingerprint density at radius 3 is 1.42 bits per heavy atom. The second-order valence-electron chi connectivity index (χ2n) is 7.10. The predicted octanol–water partition coefficient (Wildman–Crippen LogP) is 5.92. The molecule has 0 aliphatic rings. The van der Waals surface area contributed by atoms with Gasteiger partial charge in [-0.3, -0.25) is 0 Å². The van der Waals surface area contributed by atoms with Crippen molar-refractivity contribution in [3.8, 4) is 0 Å². The van der Waals surface area contributed by atoms with Gasteiger partial charge in [0.05, 0.1) is 13.7 Å². The zero-order valence-corrected chi connectivity index (χ0v) is 20.5. The van der Waals surface area contributed by atoms with Gasteiger partial charge in [-0.15, -0.1) is 0 Å². The van der Waals surface area contributed by atoms with Gasteiger partial charge in [-0.1, -0.05) is 95.2 Å². The lowest BCUT2D eigenvalue weighted by Crippen LogP contribution is -2.06. The Balaban J connectivity index is 4.63. The molecular weight excluding hydrogens is 416 g/mol. The number of methoxy groups -OCH3 is 2. The van der Waals surface area contributed by atoms with Gasteiger partial charge < -0.3 is 14.2 Å². The van der Waals surface area contributed by atoms with Crippen LogP contribution in [0.3, 0.4) is 0 Å². The van der Waals surface area contributed by atoms with Crippen LogP contribution in [0.15, 0.2) is 107 Å². The summed E-state index contributed by atoms with van der Waals surface area (Å²) in [6.45, 7) is 8.48. The maximum atomic E-state index is 11.5. The summed E-state index contributed by atoms with van der Waals surface area (Å²) in [6, 6.07) is 0. The molecule has 0 atom stereocenters. The largest absolute Gasteiger partial charge is 0.466 e. The zero-order valence-electron chi connectivity index (χ0n) is 20.5. The normalized spacial score (nSPS) is 14.5. The summed E-state index contributed by atoms with van der Waals surface area (Å²) in [4.78, 5) is 22.6. The number of hydrogen-bond acceptors (Lipinski definition) is 5. The van der Waals surface area contributed by atoms with E-state index >= 15 is 0 Å². The first-order valence-corrected chi connectivity index (χ1v) is 10.6. The lowest BCUT2D eigenvalue weighted by molar-refractivity contribution is -0.139. The van der Waals surface area contributed by atoms with E-state index in [0.717, 1.165) is 22.3 Å². The lowest BCUT2D eigenvalue weighted by atomic mass is 10.2. The molecule has 0 N–H and O–H groups in total. The van der Waals surface area contributed by atoms with Crippen LogP contribution in [-0.4, -0.2) is 39.4 Å². The van der Waals surface area contributed by atoms with Crippen molar-refractivity contribution in [2.75, 3.05) is 27.4 Å². The molecule has 0 bridgehead atoms. The molecule has 0 saturated heterocycles. The quantitative estimate of drug-likeness (QED) is 0.150. The molecule has 0 aromatic carbocycles. The molecule has 0 aromatic rings. The van der Waals surface area contributed by atoms with Crippen LogP contribution >= 0.6 is 0 Å². The summed E-state index contributed by atoms with van der Waals surface area (Å²) in [5, 5.41) is 0. The second-order valence-corrected chi connectivity index (χ2v) is 7.10. The molecular formula is C28H36O5. The molecule has 0 aromatic heterocycles. The van der Waals surface area contributed by atoms with E-state index in [9.17, 15) is 9.59 Å². The number of esters is 2. The molecule has 0 fully saturated rings. The summed E-state index contributed by atoms with van der Waals surface area (Å²) in [5.74, 6) is -0.755. The highest BCUT2D eigenvalue weighted by molar-refractivity contribution is 5.82. The van der Waals surface area contributed by atoms with Crippen LogP contribution < -0.4 is 0 Å². The molecule has 0 aliphatic carbocycles. The van der Waals surface area contributed by atoms with Crippen LogP contribution in [0.1, 0.15) is 27.7 Å². The van der Waals surface area contributed by atoms with Gasteiger partial charge in [-0.2, -0.15) is 0 Å². The minimum Gasteiger partial charge on any atom is -0.466 e. The Bertz CT molecular complexity index is 887. The van der Waals surface area contributed by atoms with Gasteiger partial charge in [-0.25, -0.2) is 9.59 Å². The molecule has 0 rings (SSSR count). The Morgan fingerprint density at radius 2 is 0.970 bits per heavy atom. The van der Waals surface area contributed by atoms with Crippen molar-refractivity contribution in [2.45, 2.75) is 27.7 Å². The smallest absolute Gasteiger partial charge is 0.330 e. The van der Waals surface area contributed by atoms with Crippen LogP contribution in [0, 0.1) is 0 Å². The molecule has 0 spiro atoms. The molecule has 0 heterocycles. The van der Waals surface area contributed by atoms with E-state index < -0.39 is 0 Å². The molecule has 33 heavy (non-hydrogen) atoms. The van der Waals surface area contributed by atoms with Gasteiger partial charge in [0.1, 0.15) is 6.61 Å². The summed E-state index contributed by atoms with van der Waals surface area (Å²) in [5.41, 5.74) is 4.08. The number of hydrogen-bond donors (Lipinski definition) is 0. The number of ether oxygens (including phenoxy) is 3. The van der Waals surface area contributed by atoms with Gasteiger partial charge in [0.2, 0.25) is 0 Å². The van der Waals surface area contributed by atoms with E-state index in [1.807, 2.05) is 88.5 Å². The van der Waals surface area contributed by atoms with Gasteiger partial charge >= 0.3 is 11.9 Å². The molecule has 0 unspecified atom stereocenters. The van der Waals surface area contributed by atoms with E-state index in [0.29, 0.717) is 6.61 Å². The van der Waals surface area contributed by atoms with Gasteiger partial charge in [0, 0.05) is 19.3 Å². The average molecular weight is 453 g/mol. The molecule has 5 heteroatoms. The predicted molar refractivity (Wildman–Crippen MR) is 136 cm³/mol. The van der Waals surface area contributed by atoms with Gasteiger partial charge in [-0.05, 0) is 27.7 Å². The van der Waals surface area contributed by atoms with Crippen LogP contribution in [-0.2, 0) is 23.8 Å². The van der Waals surface area contributed by atoms with E-state index in [1.165, 1.54) is 19.3 Å². The summed E-state index contributed by atoms with van der Waals surface area (Å²) in [7, 11) is 2.91. The highest BCUT2D eigenvalue weighted by Gasteiger charge is 1.95. The summed E-state index contributed by atoms with van der Waals surface area (Å²) < 4.78 is 14.3. The number of rotatable bonds is 13. The number of carbonyl (C=O) groups is 2. The standard InChI is InChI=1S/C28H36O5/c1-23(13-9-15-25(3)17-19-27(29)32-6)11-7-8-12-24(2)14-10-16-26(4)18-20-28(30)33-22-21-31-5/h7-20H,21-22H2,1-6H3/b8-7+,13-9+,14-10+,19-17+,20-18+,23-11+,24-12+,25-15-,26-16+. The Kier molecular flexibility index (Phi) is 17.3. The number of carbonyl (C=O) groups excluding carboxylic acids is 2. The van der Waals surface area contributed by atoms with Crippen molar-refractivity contribution in [1.82, 2.24) is 0 Å². The lowest BCUT2D eigenvalue weighted by Gasteiger charge is -1.99. The molecule has 0 saturated carbocycles. The SMILES string of the molecule is COCCOC(=O)/C=C/C(C)=C/C=C/C(C)=C/C=C/C=C(C)/C=C/C=C(C)\C=C\C(=O)OC. The first-order valence-electron chi connectivity index (χ1n) is 10.6. The fourth-order valence-electron chi connectivity index (χ4n) is 2.08. The fourth-order valence-corrected chi connectivity index (χ4v) is 2.08. The third-order valence-corrected chi connectivity index (χ3v) is 3.96. The Hall–Kier alpha value is -3.44. The van der Waals surface area contributed by atoms with Crippen LogP contribution in [0.4, 0.5) is 0 Å². The van der Waals surface area contributed by atoms with E-state index in [1.54, 1.807) is 19.3 Å².